The Bertz CT molecular complexity index is 1110. The lowest BCUT2D eigenvalue weighted by atomic mass is 9.99. The molecule has 7 heteroatoms. The van der Waals surface area contributed by atoms with Gasteiger partial charge in [0.05, 0.1) is 20.7 Å². The van der Waals surface area contributed by atoms with Crippen LogP contribution in [0.2, 0.25) is 0 Å². The number of benzene rings is 2. The van der Waals surface area contributed by atoms with Crippen LogP contribution in [0.4, 0.5) is 8.78 Å². The molecular weight excluding hydrogens is 505 g/mol. The second-order valence-corrected chi connectivity index (χ2v) is 9.18. The van der Waals surface area contributed by atoms with E-state index in [9.17, 15) is 13.6 Å². The summed E-state index contributed by atoms with van der Waals surface area (Å²) in [4.78, 5) is 13.1. The molecule has 0 amide bonds. The average molecular weight is 524 g/mol. The van der Waals surface area contributed by atoms with Crippen LogP contribution in [0.25, 0.3) is 0 Å². The molecule has 0 spiro atoms. The van der Waals surface area contributed by atoms with E-state index in [4.69, 9.17) is 5.73 Å². The highest BCUT2D eigenvalue weighted by Crippen LogP contribution is 2.42. The van der Waals surface area contributed by atoms with Crippen LogP contribution in [-0.2, 0) is 6.42 Å². The first-order chi connectivity index (χ1) is 13.9. The monoisotopic (exact) mass is 524 g/mol. The van der Waals surface area contributed by atoms with Crippen molar-refractivity contribution in [1.29, 1.82) is 0 Å². The molecule has 0 fully saturated rings. The minimum absolute atomic E-state index is 0.0178. The second-order valence-electron chi connectivity index (χ2n) is 7.09. The molecule has 0 saturated carbocycles. The molecule has 0 saturated heterocycles. The minimum atomic E-state index is -0.579. The Morgan fingerprint density at radius 3 is 2.45 bits per heavy atom. The SMILES string of the molecule is Cc1c(Cc2c(F)cccc2F)c2n(c(=O)c1I)C(C(N)c1ccccc1)CS2. The molecule has 3 aromatic rings. The number of thioether (sulfide) groups is 1. The highest BCUT2D eigenvalue weighted by molar-refractivity contribution is 14.1. The van der Waals surface area contributed by atoms with Gasteiger partial charge in [0, 0.05) is 17.7 Å². The Labute approximate surface area is 185 Å². The van der Waals surface area contributed by atoms with E-state index in [1.165, 1.54) is 30.0 Å². The maximum absolute atomic E-state index is 14.3. The summed E-state index contributed by atoms with van der Waals surface area (Å²) in [5, 5.41) is 0.756. The third-order valence-electron chi connectivity index (χ3n) is 5.40. The van der Waals surface area contributed by atoms with Gasteiger partial charge in [-0.1, -0.05) is 36.4 Å². The highest BCUT2D eigenvalue weighted by atomic mass is 127. The van der Waals surface area contributed by atoms with Gasteiger partial charge in [-0.05, 0) is 58.3 Å². The van der Waals surface area contributed by atoms with Gasteiger partial charge in [0.15, 0.2) is 0 Å². The van der Waals surface area contributed by atoms with Crippen LogP contribution in [0.5, 0.6) is 0 Å². The summed E-state index contributed by atoms with van der Waals surface area (Å²) in [5.41, 5.74) is 8.95. The summed E-state index contributed by atoms with van der Waals surface area (Å²) >= 11 is 3.55. The molecule has 0 bridgehead atoms. The number of aromatic nitrogens is 1. The first-order valence-corrected chi connectivity index (χ1v) is 11.3. The van der Waals surface area contributed by atoms with Gasteiger partial charge in [-0.15, -0.1) is 11.8 Å². The van der Waals surface area contributed by atoms with Gasteiger partial charge < -0.3 is 5.73 Å². The lowest BCUT2D eigenvalue weighted by molar-refractivity contribution is 0.433. The van der Waals surface area contributed by atoms with Gasteiger partial charge in [0.2, 0.25) is 0 Å². The number of rotatable bonds is 4. The predicted octanol–water partition coefficient (Wildman–Crippen LogP) is 4.98. The predicted molar refractivity (Wildman–Crippen MR) is 120 cm³/mol. The Morgan fingerprint density at radius 2 is 1.79 bits per heavy atom. The van der Waals surface area contributed by atoms with Crippen molar-refractivity contribution in [3.8, 4) is 0 Å². The van der Waals surface area contributed by atoms with Crippen molar-refractivity contribution in [1.82, 2.24) is 4.57 Å². The van der Waals surface area contributed by atoms with Crippen LogP contribution >= 0.6 is 34.4 Å². The molecule has 2 heterocycles. The third kappa shape index (κ3) is 3.64. The van der Waals surface area contributed by atoms with Crippen LogP contribution in [0.3, 0.4) is 0 Å². The first kappa shape index (κ1) is 20.6. The van der Waals surface area contributed by atoms with E-state index in [1.54, 1.807) is 4.57 Å². The Kier molecular flexibility index (Phi) is 5.81. The average Bonchev–Trinajstić information content (AvgIpc) is 3.16. The van der Waals surface area contributed by atoms with Crippen molar-refractivity contribution in [2.45, 2.75) is 30.5 Å². The van der Waals surface area contributed by atoms with Crippen LogP contribution in [-0.4, -0.2) is 10.3 Å². The van der Waals surface area contributed by atoms with E-state index in [0.717, 1.165) is 21.7 Å². The van der Waals surface area contributed by atoms with Crippen molar-refractivity contribution in [2.75, 3.05) is 5.75 Å². The van der Waals surface area contributed by atoms with E-state index in [2.05, 4.69) is 0 Å². The fourth-order valence-electron chi connectivity index (χ4n) is 3.74. The minimum Gasteiger partial charge on any atom is -0.322 e. The fraction of sp³-hybridized carbons (Fsp3) is 0.227. The molecule has 2 unspecified atom stereocenters. The molecule has 2 N–H and O–H groups in total. The topological polar surface area (TPSA) is 48.0 Å². The molecule has 0 radical (unpaired) electrons. The molecule has 1 aromatic heterocycles. The van der Waals surface area contributed by atoms with E-state index >= 15 is 0 Å². The highest BCUT2D eigenvalue weighted by Gasteiger charge is 2.34. The first-order valence-electron chi connectivity index (χ1n) is 9.19. The summed E-state index contributed by atoms with van der Waals surface area (Å²) in [7, 11) is 0. The van der Waals surface area contributed by atoms with Gasteiger partial charge in [0.25, 0.3) is 5.56 Å². The summed E-state index contributed by atoms with van der Waals surface area (Å²) < 4.78 is 30.9. The molecule has 3 nitrogen and oxygen atoms in total. The molecule has 2 aromatic carbocycles. The Morgan fingerprint density at radius 1 is 1.14 bits per heavy atom. The van der Waals surface area contributed by atoms with Crippen LogP contribution in [0, 0.1) is 22.1 Å². The second kappa shape index (κ2) is 8.20. The standard InChI is InChI=1S/C22H19F2IN2OS/c1-12-14(10-15-16(23)8-5-9-17(15)24)22-27(21(28)19(12)25)18(11-29-22)20(26)13-6-3-2-4-7-13/h2-9,18,20H,10-11,26H2,1H3. The molecule has 4 rings (SSSR count). The summed E-state index contributed by atoms with van der Waals surface area (Å²) in [6.07, 6.45) is 0.0935. The summed E-state index contributed by atoms with van der Waals surface area (Å²) in [6, 6.07) is 13.0. The Hall–Kier alpha value is -1.71. The molecule has 0 aliphatic carbocycles. The normalized spacial score (nSPS) is 16.7. The lowest BCUT2D eigenvalue weighted by Gasteiger charge is -2.23. The van der Waals surface area contributed by atoms with Gasteiger partial charge >= 0.3 is 0 Å². The molecule has 1 aliphatic heterocycles. The van der Waals surface area contributed by atoms with Gasteiger partial charge in [-0.3, -0.25) is 9.36 Å². The van der Waals surface area contributed by atoms with E-state index in [1.807, 2.05) is 59.8 Å². The van der Waals surface area contributed by atoms with E-state index < -0.39 is 11.6 Å². The molecule has 150 valence electrons. The van der Waals surface area contributed by atoms with Crippen molar-refractivity contribution < 1.29 is 8.78 Å². The smallest absolute Gasteiger partial charge is 0.265 e. The van der Waals surface area contributed by atoms with Crippen LogP contribution in [0.15, 0.2) is 58.4 Å². The number of pyridine rings is 1. The third-order valence-corrected chi connectivity index (χ3v) is 7.90. The van der Waals surface area contributed by atoms with Crippen molar-refractivity contribution in [3.63, 3.8) is 0 Å². The van der Waals surface area contributed by atoms with E-state index in [0.29, 0.717) is 9.32 Å². The van der Waals surface area contributed by atoms with Gasteiger partial charge in [-0.2, -0.15) is 0 Å². The number of nitrogens with two attached hydrogens (primary N) is 1. The van der Waals surface area contributed by atoms with Crippen molar-refractivity contribution in [3.05, 3.63) is 96.3 Å². The summed E-state index contributed by atoms with van der Waals surface area (Å²) in [6.45, 7) is 1.84. The number of fused-ring (bicyclic) bond motifs is 1. The number of hydrogen-bond acceptors (Lipinski definition) is 3. The zero-order valence-electron chi connectivity index (χ0n) is 15.7. The van der Waals surface area contributed by atoms with Gasteiger partial charge in [-0.25, -0.2) is 8.78 Å². The maximum atomic E-state index is 14.3. The number of nitrogens with zero attached hydrogens (tertiary/aromatic N) is 1. The van der Waals surface area contributed by atoms with Crippen LogP contribution in [0.1, 0.15) is 34.3 Å². The van der Waals surface area contributed by atoms with Crippen molar-refractivity contribution in [2.24, 2.45) is 5.73 Å². The summed E-state index contributed by atoms with van der Waals surface area (Å²) in [5.74, 6) is -0.521. The largest absolute Gasteiger partial charge is 0.322 e. The maximum Gasteiger partial charge on any atom is 0.265 e. The zero-order chi connectivity index (χ0) is 20.7. The molecule has 29 heavy (non-hydrogen) atoms. The van der Waals surface area contributed by atoms with Crippen molar-refractivity contribution >= 4 is 34.4 Å². The number of halogens is 3. The quantitative estimate of drug-likeness (QED) is 0.490. The number of hydrogen-bond donors (Lipinski definition) is 1. The lowest BCUT2D eigenvalue weighted by Crippen LogP contribution is -2.33. The molecule has 1 aliphatic rings. The van der Waals surface area contributed by atoms with Gasteiger partial charge in [0.1, 0.15) is 11.6 Å². The van der Waals surface area contributed by atoms with Crippen LogP contribution < -0.4 is 11.3 Å². The molecular formula is C22H19F2IN2OS. The Balaban J connectivity index is 1.83. The molecule has 2 atom stereocenters. The van der Waals surface area contributed by atoms with E-state index in [-0.39, 0.29) is 29.6 Å². The zero-order valence-corrected chi connectivity index (χ0v) is 18.6. The fourth-order valence-corrected chi connectivity index (χ4v) is 5.77.